The van der Waals surface area contributed by atoms with E-state index in [4.69, 9.17) is 14.2 Å². The lowest BCUT2D eigenvalue weighted by molar-refractivity contribution is -0.140. The van der Waals surface area contributed by atoms with Crippen molar-refractivity contribution in [3.8, 4) is 23.0 Å². The highest BCUT2D eigenvalue weighted by atomic mass is 16.5. The second-order valence-corrected chi connectivity index (χ2v) is 6.75. The molecule has 3 rings (SSSR count). The van der Waals surface area contributed by atoms with E-state index in [2.05, 4.69) is 0 Å². The van der Waals surface area contributed by atoms with Crippen molar-refractivity contribution in [2.24, 2.45) is 0 Å². The van der Waals surface area contributed by atoms with Gasteiger partial charge in [0.1, 0.15) is 11.8 Å². The lowest BCUT2D eigenvalue weighted by Crippen LogP contribution is -2.36. The molecule has 0 radical (unpaired) electrons. The van der Waals surface area contributed by atoms with Crippen molar-refractivity contribution in [2.45, 2.75) is 19.0 Å². The third-order valence-corrected chi connectivity index (χ3v) is 4.88. The van der Waals surface area contributed by atoms with E-state index in [0.717, 1.165) is 4.90 Å². The Balaban J connectivity index is 2.03. The highest BCUT2D eigenvalue weighted by Gasteiger charge is 2.47. The van der Waals surface area contributed by atoms with Gasteiger partial charge in [-0.15, -0.1) is 0 Å². The van der Waals surface area contributed by atoms with Crippen LogP contribution < -0.4 is 19.1 Å². The molecule has 1 atom stereocenters. The number of imide groups is 1. The fourth-order valence-corrected chi connectivity index (χ4v) is 3.41. The first-order valence-electron chi connectivity index (χ1n) is 9.25. The van der Waals surface area contributed by atoms with Crippen molar-refractivity contribution >= 4 is 23.6 Å². The normalized spacial score (nSPS) is 15.9. The van der Waals surface area contributed by atoms with Crippen LogP contribution in [0.1, 0.15) is 12.0 Å². The van der Waals surface area contributed by atoms with E-state index in [0.29, 0.717) is 5.56 Å². The summed E-state index contributed by atoms with van der Waals surface area (Å²) in [5.74, 6) is -1.08. The predicted octanol–water partition coefficient (Wildman–Crippen LogP) is 2.23. The van der Waals surface area contributed by atoms with Crippen molar-refractivity contribution in [3.63, 3.8) is 0 Å². The number of hydrogen-bond acceptors (Lipinski definition) is 7. The summed E-state index contributed by atoms with van der Waals surface area (Å²) in [6.07, 6.45) is -0.552. The molecule has 2 aromatic carbocycles. The van der Waals surface area contributed by atoms with Crippen molar-refractivity contribution in [1.29, 1.82) is 0 Å². The average Bonchev–Trinajstić information content (AvgIpc) is 2.97. The molecular formula is C21H22N2O8. The van der Waals surface area contributed by atoms with Crippen LogP contribution in [0.4, 0.5) is 10.5 Å². The number of anilines is 1. The molecule has 31 heavy (non-hydrogen) atoms. The molecule has 2 N–H and O–H groups in total. The number of aliphatic carboxylic acids is 1. The zero-order chi connectivity index (χ0) is 22.7. The fourth-order valence-electron chi connectivity index (χ4n) is 3.41. The van der Waals surface area contributed by atoms with Gasteiger partial charge in [-0.05, 0) is 17.7 Å². The summed E-state index contributed by atoms with van der Waals surface area (Å²) in [6, 6.07) is 7.08. The van der Waals surface area contributed by atoms with Gasteiger partial charge in [-0.1, -0.05) is 12.1 Å². The molecule has 1 aliphatic rings. The van der Waals surface area contributed by atoms with Gasteiger partial charge in [-0.25, -0.2) is 9.69 Å². The standard InChI is InChI=1S/C21H22N2O8/c1-29-16-8-13(9-17(30-2)19(16)31-3)23-20(27)15(10-18(25)26)22(21(23)28)11-12-4-6-14(24)7-5-12/h4-9,15,24H,10-11H2,1-3H3,(H,25,26)/t15-/m0/s1. The summed E-state index contributed by atoms with van der Waals surface area (Å²) >= 11 is 0. The van der Waals surface area contributed by atoms with E-state index in [1.54, 1.807) is 12.1 Å². The molecule has 0 unspecified atom stereocenters. The Hall–Kier alpha value is -3.95. The largest absolute Gasteiger partial charge is 0.508 e. The van der Waals surface area contributed by atoms with Crippen LogP contribution in [-0.2, 0) is 16.1 Å². The number of amides is 3. The van der Waals surface area contributed by atoms with Crippen LogP contribution in [0, 0.1) is 0 Å². The van der Waals surface area contributed by atoms with Crippen LogP contribution in [0.5, 0.6) is 23.0 Å². The summed E-state index contributed by atoms with van der Waals surface area (Å²) < 4.78 is 15.8. The fraction of sp³-hybridized carbons (Fsp3) is 0.286. The molecule has 10 heteroatoms. The molecule has 0 bridgehead atoms. The minimum absolute atomic E-state index is 0.0102. The molecule has 0 aromatic heterocycles. The average molecular weight is 430 g/mol. The summed E-state index contributed by atoms with van der Waals surface area (Å²) in [4.78, 5) is 39.8. The Morgan fingerprint density at radius 1 is 1.00 bits per heavy atom. The monoisotopic (exact) mass is 430 g/mol. The third-order valence-electron chi connectivity index (χ3n) is 4.88. The molecule has 1 saturated heterocycles. The van der Waals surface area contributed by atoms with E-state index in [-0.39, 0.29) is 35.2 Å². The summed E-state index contributed by atoms with van der Waals surface area (Å²) in [7, 11) is 4.23. The second-order valence-electron chi connectivity index (χ2n) is 6.75. The Morgan fingerprint density at radius 3 is 2.06 bits per heavy atom. The number of methoxy groups -OCH3 is 3. The SMILES string of the molecule is COc1cc(N2C(=O)[C@H](CC(=O)O)N(Cc3ccc(O)cc3)C2=O)cc(OC)c1OC. The van der Waals surface area contributed by atoms with Crippen LogP contribution in [0.25, 0.3) is 0 Å². The van der Waals surface area contributed by atoms with E-state index in [1.165, 1.54) is 50.5 Å². The number of rotatable bonds is 8. The van der Waals surface area contributed by atoms with E-state index < -0.39 is 30.4 Å². The summed E-state index contributed by atoms with van der Waals surface area (Å²) in [6.45, 7) is -0.0102. The summed E-state index contributed by atoms with van der Waals surface area (Å²) in [5.41, 5.74) is 0.786. The van der Waals surface area contributed by atoms with Crippen LogP contribution >= 0.6 is 0 Å². The number of carbonyl (C=O) groups excluding carboxylic acids is 2. The molecule has 0 saturated carbocycles. The predicted molar refractivity (Wildman–Crippen MR) is 109 cm³/mol. The van der Waals surface area contributed by atoms with Gasteiger partial charge in [0.2, 0.25) is 5.75 Å². The molecular weight excluding hydrogens is 408 g/mol. The maximum absolute atomic E-state index is 13.2. The van der Waals surface area contributed by atoms with Gasteiger partial charge in [0.15, 0.2) is 11.5 Å². The Kier molecular flexibility index (Phi) is 6.19. The van der Waals surface area contributed by atoms with Crippen LogP contribution in [-0.4, -0.2) is 60.4 Å². The van der Waals surface area contributed by atoms with Crippen molar-refractivity contribution < 1.29 is 38.8 Å². The van der Waals surface area contributed by atoms with Crippen molar-refractivity contribution in [1.82, 2.24) is 4.90 Å². The van der Waals surface area contributed by atoms with E-state index in [9.17, 15) is 24.6 Å². The van der Waals surface area contributed by atoms with Gasteiger partial charge in [0, 0.05) is 18.7 Å². The first-order chi connectivity index (χ1) is 14.8. The number of carboxylic acids is 1. The van der Waals surface area contributed by atoms with Crippen LogP contribution in [0.15, 0.2) is 36.4 Å². The van der Waals surface area contributed by atoms with Gasteiger partial charge >= 0.3 is 12.0 Å². The van der Waals surface area contributed by atoms with Crippen LogP contribution in [0.2, 0.25) is 0 Å². The number of urea groups is 1. The zero-order valence-electron chi connectivity index (χ0n) is 17.2. The Labute approximate surface area is 178 Å². The number of carboxylic acid groups (broad SMARTS) is 1. The van der Waals surface area contributed by atoms with Crippen molar-refractivity contribution in [3.05, 3.63) is 42.0 Å². The van der Waals surface area contributed by atoms with Gasteiger partial charge in [0.25, 0.3) is 5.91 Å². The number of hydrogen-bond donors (Lipinski definition) is 2. The van der Waals surface area contributed by atoms with Crippen molar-refractivity contribution in [2.75, 3.05) is 26.2 Å². The van der Waals surface area contributed by atoms with Crippen LogP contribution in [0.3, 0.4) is 0 Å². The molecule has 2 aromatic rings. The molecule has 1 aliphatic heterocycles. The third kappa shape index (κ3) is 4.18. The van der Waals surface area contributed by atoms with Gasteiger partial charge < -0.3 is 29.3 Å². The number of nitrogens with zero attached hydrogens (tertiary/aromatic N) is 2. The number of aromatic hydroxyl groups is 1. The molecule has 164 valence electrons. The van der Waals surface area contributed by atoms with Gasteiger partial charge in [-0.3, -0.25) is 9.59 Å². The van der Waals surface area contributed by atoms with Gasteiger partial charge in [0.05, 0.1) is 33.4 Å². The van der Waals surface area contributed by atoms with E-state index >= 15 is 0 Å². The lowest BCUT2D eigenvalue weighted by atomic mass is 10.1. The number of carbonyl (C=O) groups is 3. The lowest BCUT2D eigenvalue weighted by Gasteiger charge is -2.21. The first-order valence-corrected chi connectivity index (χ1v) is 9.25. The highest BCUT2D eigenvalue weighted by Crippen LogP contribution is 2.42. The molecule has 0 spiro atoms. The number of ether oxygens (including phenoxy) is 3. The quantitative estimate of drug-likeness (QED) is 0.611. The number of benzene rings is 2. The zero-order valence-corrected chi connectivity index (χ0v) is 17.2. The first kappa shape index (κ1) is 21.8. The smallest absolute Gasteiger partial charge is 0.332 e. The second kappa shape index (κ2) is 8.82. The minimum atomic E-state index is -1.21. The number of phenols is 1. The van der Waals surface area contributed by atoms with E-state index in [1.807, 2.05) is 0 Å². The molecule has 1 heterocycles. The maximum Gasteiger partial charge on any atom is 0.332 e. The Morgan fingerprint density at radius 2 is 1.58 bits per heavy atom. The number of phenolic OH excluding ortho intramolecular Hbond substituents is 1. The van der Waals surface area contributed by atoms with Gasteiger partial charge in [-0.2, -0.15) is 0 Å². The summed E-state index contributed by atoms with van der Waals surface area (Å²) in [5, 5.41) is 18.7. The maximum atomic E-state index is 13.2. The molecule has 0 aliphatic carbocycles. The molecule has 3 amide bonds. The Bertz CT molecular complexity index is 980. The minimum Gasteiger partial charge on any atom is -0.508 e. The highest BCUT2D eigenvalue weighted by molar-refractivity contribution is 6.22. The molecule has 1 fully saturated rings. The topological polar surface area (TPSA) is 126 Å². The molecule has 10 nitrogen and oxygen atoms in total.